The molecule has 1 aromatic carbocycles. The van der Waals surface area contributed by atoms with Crippen molar-refractivity contribution < 1.29 is 13.2 Å². The molecule has 1 unspecified atom stereocenters. The Bertz CT molecular complexity index is 853. The maximum absolute atomic E-state index is 12.7. The molecule has 1 aromatic heterocycles. The zero-order valence-corrected chi connectivity index (χ0v) is 14.9. The predicted octanol–water partition coefficient (Wildman–Crippen LogP) is 1.47. The summed E-state index contributed by atoms with van der Waals surface area (Å²) in [5.41, 5.74) is 2.85. The minimum atomic E-state index is -3.48. The van der Waals surface area contributed by atoms with Gasteiger partial charge >= 0.3 is 0 Å². The maximum atomic E-state index is 12.7. The zero-order chi connectivity index (χ0) is 17.9. The molecule has 2 heterocycles. The molecule has 0 spiro atoms. The molecule has 1 N–H and O–H groups in total. The van der Waals surface area contributed by atoms with E-state index in [-0.39, 0.29) is 18.2 Å². The molecule has 1 atom stereocenters. The Hall–Kier alpha value is -2.25. The molecule has 0 saturated heterocycles. The van der Waals surface area contributed by atoms with Crippen molar-refractivity contribution in [1.82, 2.24) is 14.6 Å². The van der Waals surface area contributed by atoms with Gasteiger partial charge in [0.2, 0.25) is 15.9 Å². The molecule has 3 rings (SSSR count). The van der Waals surface area contributed by atoms with Crippen LogP contribution in [0.2, 0.25) is 0 Å². The second-order valence-electron chi connectivity index (χ2n) is 6.01. The first-order chi connectivity index (χ1) is 12.0. The fraction of sp³-hybridized carbons (Fsp3) is 0.333. The predicted molar refractivity (Wildman–Crippen MR) is 95.0 cm³/mol. The molecule has 1 aliphatic rings. The summed E-state index contributed by atoms with van der Waals surface area (Å²) in [7, 11) is -3.48. The highest BCUT2D eigenvalue weighted by molar-refractivity contribution is 7.89. The summed E-state index contributed by atoms with van der Waals surface area (Å²) in [6.07, 6.45) is 3.73. The molecule has 2 aromatic rings. The Morgan fingerprint density at radius 3 is 2.68 bits per heavy atom. The average molecular weight is 359 g/mol. The van der Waals surface area contributed by atoms with E-state index in [1.54, 1.807) is 25.4 Å². The van der Waals surface area contributed by atoms with Gasteiger partial charge in [-0.05, 0) is 36.1 Å². The number of hydrogen-bond donors (Lipinski definition) is 1. The highest BCUT2D eigenvalue weighted by Gasteiger charge is 2.37. The molecule has 6 nitrogen and oxygen atoms in total. The maximum Gasteiger partial charge on any atom is 0.239 e. The first-order valence-corrected chi connectivity index (χ1v) is 9.85. The zero-order valence-electron chi connectivity index (χ0n) is 14.1. The number of sulfonamides is 1. The number of fused-ring (bicyclic) bond motifs is 1. The Balaban J connectivity index is 1.82. The number of pyridine rings is 1. The number of benzene rings is 1. The molecule has 0 aliphatic carbocycles. The fourth-order valence-corrected chi connectivity index (χ4v) is 4.22. The lowest BCUT2D eigenvalue weighted by atomic mass is 9.95. The molecule has 0 bridgehead atoms. The molecule has 0 saturated carbocycles. The number of rotatable bonds is 5. The van der Waals surface area contributed by atoms with E-state index in [2.05, 4.69) is 10.3 Å². The number of carbonyl (C=O) groups is 1. The van der Waals surface area contributed by atoms with Gasteiger partial charge in [-0.25, -0.2) is 8.42 Å². The van der Waals surface area contributed by atoms with Crippen molar-refractivity contribution in [3.63, 3.8) is 0 Å². The van der Waals surface area contributed by atoms with Gasteiger partial charge < -0.3 is 5.32 Å². The molecule has 25 heavy (non-hydrogen) atoms. The molecule has 1 aliphatic heterocycles. The van der Waals surface area contributed by atoms with E-state index in [0.717, 1.165) is 16.7 Å². The van der Waals surface area contributed by atoms with Crippen molar-refractivity contribution in [3.8, 4) is 0 Å². The van der Waals surface area contributed by atoms with Crippen LogP contribution in [-0.2, 0) is 34.3 Å². The molecule has 0 fully saturated rings. The van der Waals surface area contributed by atoms with Crippen LogP contribution in [0, 0.1) is 0 Å². The molecule has 7 heteroatoms. The van der Waals surface area contributed by atoms with E-state index in [4.69, 9.17) is 0 Å². The van der Waals surface area contributed by atoms with Gasteiger partial charge in [0.25, 0.3) is 0 Å². The summed E-state index contributed by atoms with van der Waals surface area (Å²) < 4.78 is 26.3. The number of nitrogens with zero attached hydrogens (tertiary/aromatic N) is 2. The minimum Gasteiger partial charge on any atom is -0.351 e. The lowest BCUT2D eigenvalue weighted by Gasteiger charge is -2.34. The van der Waals surface area contributed by atoms with Gasteiger partial charge in [-0.2, -0.15) is 4.31 Å². The first kappa shape index (κ1) is 17.6. The fourth-order valence-electron chi connectivity index (χ4n) is 2.99. The second-order valence-corrected chi connectivity index (χ2v) is 8.22. The Labute approximate surface area is 147 Å². The van der Waals surface area contributed by atoms with Gasteiger partial charge in [-0.15, -0.1) is 0 Å². The third-order valence-corrected chi connectivity index (χ3v) is 6.25. The average Bonchev–Trinajstić information content (AvgIpc) is 2.65. The van der Waals surface area contributed by atoms with Crippen LogP contribution in [0.25, 0.3) is 0 Å². The number of aromatic nitrogens is 1. The van der Waals surface area contributed by atoms with Crippen molar-refractivity contribution in [1.29, 1.82) is 0 Å². The van der Waals surface area contributed by atoms with Crippen LogP contribution in [0.4, 0.5) is 0 Å². The van der Waals surface area contributed by atoms with Gasteiger partial charge in [-0.1, -0.05) is 30.3 Å². The topological polar surface area (TPSA) is 79.4 Å². The summed E-state index contributed by atoms with van der Waals surface area (Å²) in [5, 5.41) is 2.84. The lowest BCUT2D eigenvalue weighted by Crippen LogP contribution is -2.52. The van der Waals surface area contributed by atoms with Crippen LogP contribution in [0.15, 0.2) is 48.8 Å². The van der Waals surface area contributed by atoms with Crippen LogP contribution in [0.5, 0.6) is 0 Å². The van der Waals surface area contributed by atoms with Crippen LogP contribution in [-0.4, -0.2) is 35.4 Å². The summed E-state index contributed by atoms with van der Waals surface area (Å²) in [4.78, 5) is 16.7. The molecule has 132 valence electrons. The third kappa shape index (κ3) is 3.88. The van der Waals surface area contributed by atoms with Crippen LogP contribution < -0.4 is 5.32 Å². The largest absolute Gasteiger partial charge is 0.351 e. The van der Waals surface area contributed by atoms with Gasteiger partial charge in [0.15, 0.2) is 0 Å². The molecule has 0 radical (unpaired) electrons. The summed E-state index contributed by atoms with van der Waals surface area (Å²) in [6.45, 7) is 2.16. The van der Waals surface area contributed by atoms with E-state index < -0.39 is 16.1 Å². The highest BCUT2D eigenvalue weighted by Crippen LogP contribution is 2.26. The van der Waals surface area contributed by atoms with E-state index in [1.807, 2.05) is 30.3 Å². The first-order valence-electron chi connectivity index (χ1n) is 8.24. The normalized spacial score (nSPS) is 17.7. The monoisotopic (exact) mass is 359 g/mol. The SMILES string of the molecule is CCS(=O)(=O)N1Cc2ccccc2CC1C(=O)NCc1cccnc1. The Morgan fingerprint density at radius 2 is 2.00 bits per heavy atom. The number of carbonyl (C=O) groups excluding carboxylic acids is 1. The van der Waals surface area contributed by atoms with Gasteiger partial charge in [0.05, 0.1) is 5.75 Å². The standard InChI is InChI=1S/C18H21N3O3S/c1-2-25(23,24)21-13-16-8-4-3-7-15(16)10-17(21)18(22)20-12-14-6-5-9-19-11-14/h3-9,11,17H,2,10,12-13H2,1H3,(H,20,22). The highest BCUT2D eigenvalue weighted by atomic mass is 32.2. The van der Waals surface area contributed by atoms with E-state index in [1.165, 1.54) is 4.31 Å². The summed E-state index contributed by atoms with van der Waals surface area (Å²) in [5.74, 6) is -0.308. The van der Waals surface area contributed by atoms with Crippen LogP contribution in [0.1, 0.15) is 23.6 Å². The summed E-state index contributed by atoms with van der Waals surface area (Å²) in [6, 6.07) is 10.6. The van der Waals surface area contributed by atoms with Crippen LogP contribution in [0.3, 0.4) is 0 Å². The molecular weight excluding hydrogens is 338 g/mol. The van der Waals surface area contributed by atoms with Gasteiger partial charge in [0.1, 0.15) is 6.04 Å². The molecule has 1 amide bonds. The second kappa shape index (κ2) is 7.33. The van der Waals surface area contributed by atoms with E-state index in [0.29, 0.717) is 13.0 Å². The number of hydrogen-bond acceptors (Lipinski definition) is 4. The minimum absolute atomic E-state index is 0.0262. The smallest absolute Gasteiger partial charge is 0.239 e. The quantitative estimate of drug-likeness (QED) is 0.877. The molecular formula is C18H21N3O3S. The van der Waals surface area contributed by atoms with Crippen LogP contribution >= 0.6 is 0 Å². The van der Waals surface area contributed by atoms with E-state index >= 15 is 0 Å². The Morgan fingerprint density at radius 1 is 1.24 bits per heavy atom. The van der Waals surface area contributed by atoms with Gasteiger partial charge in [-0.3, -0.25) is 9.78 Å². The van der Waals surface area contributed by atoms with Crippen molar-refractivity contribution >= 4 is 15.9 Å². The van der Waals surface area contributed by atoms with Crippen molar-refractivity contribution in [2.75, 3.05) is 5.75 Å². The Kier molecular flexibility index (Phi) is 5.15. The number of nitrogens with one attached hydrogen (secondary N) is 1. The lowest BCUT2D eigenvalue weighted by molar-refractivity contribution is -0.125. The summed E-state index contributed by atoms with van der Waals surface area (Å²) >= 11 is 0. The van der Waals surface area contributed by atoms with Crippen molar-refractivity contribution in [3.05, 3.63) is 65.5 Å². The number of amides is 1. The van der Waals surface area contributed by atoms with E-state index in [9.17, 15) is 13.2 Å². The van der Waals surface area contributed by atoms with Crippen molar-refractivity contribution in [2.45, 2.75) is 32.5 Å². The third-order valence-electron chi connectivity index (χ3n) is 4.42. The van der Waals surface area contributed by atoms with Gasteiger partial charge in [0, 0.05) is 25.5 Å². The van der Waals surface area contributed by atoms with Crippen molar-refractivity contribution in [2.24, 2.45) is 0 Å².